The zero-order valence-corrected chi connectivity index (χ0v) is 20.9. The SMILES string of the molecule is Cc1nc(NCC(=O)c2cccc(S(=O)(=O)N3CCCCCC3)c2)sc1C(=O)OCC(C)C. The fourth-order valence-electron chi connectivity index (χ4n) is 3.49. The summed E-state index contributed by atoms with van der Waals surface area (Å²) in [6.45, 7) is 6.90. The molecule has 1 fully saturated rings. The van der Waals surface area contributed by atoms with Gasteiger partial charge in [0.05, 0.1) is 23.7 Å². The molecule has 2 aromatic rings. The predicted octanol–water partition coefficient (Wildman–Crippen LogP) is 4.12. The molecule has 1 aliphatic rings. The number of sulfonamides is 1. The second-order valence-corrected chi connectivity index (χ2v) is 11.5. The van der Waals surface area contributed by atoms with Crippen molar-refractivity contribution in [2.45, 2.75) is 51.3 Å². The first-order chi connectivity index (χ1) is 15.7. The zero-order valence-electron chi connectivity index (χ0n) is 19.3. The Labute approximate surface area is 199 Å². The van der Waals surface area contributed by atoms with Crippen LogP contribution in [0.2, 0.25) is 0 Å². The summed E-state index contributed by atoms with van der Waals surface area (Å²) >= 11 is 1.13. The summed E-state index contributed by atoms with van der Waals surface area (Å²) in [4.78, 5) is 29.8. The summed E-state index contributed by atoms with van der Waals surface area (Å²) in [5.41, 5.74) is 0.845. The average molecular weight is 494 g/mol. The van der Waals surface area contributed by atoms with E-state index >= 15 is 0 Å². The molecule has 0 saturated carbocycles. The van der Waals surface area contributed by atoms with Crippen LogP contribution in [0.15, 0.2) is 29.2 Å². The highest BCUT2D eigenvalue weighted by atomic mass is 32.2. The van der Waals surface area contributed by atoms with Gasteiger partial charge in [0, 0.05) is 18.7 Å². The Bertz CT molecular complexity index is 1090. The second kappa shape index (κ2) is 11.2. The highest BCUT2D eigenvalue weighted by molar-refractivity contribution is 7.89. The maximum atomic E-state index is 13.0. The van der Waals surface area contributed by atoms with Crippen molar-refractivity contribution in [1.82, 2.24) is 9.29 Å². The van der Waals surface area contributed by atoms with Crippen LogP contribution in [-0.2, 0) is 14.8 Å². The maximum absolute atomic E-state index is 13.0. The van der Waals surface area contributed by atoms with Crippen molar-refractivity contribution in [3.05, 3.63) is 40.4 Å². The van der Waals surface area contributed by atoms with E-state index in [2.05, 4.69) is 10.3 Å². The molecule has 1 aromatic carbocycles. The van der Waals surface area contributed by atoms with E-state index in [1.807, 2.05) is 13.8 Å². The van der Waals surface area contributed by atoms with Crippen molar-refractivity contribution >= 4 is 38.2 Å². The molecular weight excluding hydrogens is 462 g/mol. The van der Waals surface area contributed by atoms with E-state index in [4.69, 9.17) is 4.74 Å². The molecule has 0 spiro atoms. The number of aromatic nitrogens is 1. The number of nitrogens with one attached hydrogen (secondary N) is 1. The molecule has 0 aliphatic carbocycles. The minimum Gasteiger partial charge on any atom is -0.461 e. The molecule has 1 N–H and O–H groups in total. The summed E-state index contributed by atoms with van der Waals surface area (Å²) in [6, 6.07) is 6.16. The molecule has 0 radical (unpaired) electrons. The largest absolute Gasteiger partial charge is 0.461 e. The van der Waals surface area contributed by atoms with Gasteiger partial charge in [-0.3, -0.25) is 4.79 Å². The second-order valence-electron chi connectivity index (χ2n) is 8.55. The van der Waals surface area contributed by atoms with Gasteiger partial charge >= 0.3 is 5.97 Å². The lowest BCUT2D eigenvalue weighted by Crippen LogP contribution is -2.32. The Hall–Kier alpha value is -2.30. The standard InChI is InChI=1S/C23H31N3O5S2/c1-16(2)15-31-22(28)21-17(3)25-23(32-21)24-14-20(27)18-9-8-10-19(13-18)33(29,30)26-11-6-4-5-7-12-26/h8-10,13,16H,4-7,11-12,14-15H2,1-3H3,(H,24,25). The molecule has 0 bridgehead atoms. The fourth-order valence-corrected chi connectivity index (χ4v) is 5.91. The lowest BCUT2D eigenvalue weighted by molar-refractivity contribution is 0.0463. The molecule has 3 rings (SSSR count). The van der Waals surface area contributed by atoms with Crippen LogP contribution in [0.3, 0.4) is 0 Å². The Morgan fingerprint density at radius 3 is 2.55 bits per heavy atom. The van der Waals surface area contributed by atoms with E-state index in [0.29, 0.717) is 41.0 Å². The van der Waals surface area contributed by atoms with Crippen LogP contribution in [0.25, 0.3) is 0 Å². The van der Waals surface area contributed by atoms with Gasteiger partial charge in [-0.1, -0.05) is 50.2 Å². The number of benzene rings is 1. The zero-order chi connectivity index (χ0) is 24.0. The minimum atomic E-state index is -3.63. The first-order valence-corrected chi connectivity index (χ1v) is 13.5. The Morgan fingerprint density at radius 1 is 1.18 bits per heavy atom. The van der Waals surface area contributed by atoms with Crippen molar-refractivity contribution < 1.29 is 22.7 Å². The van der Waals surface area contributed by atoms with Crippen molar-refractivity contribution in [3.8, 4) is 0 Å². The molecule has 2 heterocycles. The lowest BCUT2D eigenvalue weighted by atomic mass is 10.1. The van der Waals surface area contributed by atoms with E-state index in [1.54, 1.807) is 19.1 Å². The number of aryl methyl sites for hydroxylation is 1. The summed E-state index contributed by atoms with van der Waals surface area (Å²) in [5, 5.41) is 3.38. The molecule has 0 amide bonds. The number of carbonyl (C=O) groups excluding carboxylic acids is 2. The van der Waals surface area contributed by atoms with Gasteiger partial charge in [-0.2, -0.15) is 4.31 Å². The third-order valence-corrected chi connectivity index (χ3v) is 8.28. The molecule has 0 atom stereocenters. The number of esters is 1. The molecular formula is C23H31N3O5S2. The number of rotatable bonds is 9. The van der Waals surface area contributed by atoms with E-state index < -0.39 is 16.0 Å². The molecule has 8 nitrogen and oxygen atoms in total. The van der Waals surface area contributed by atoms with Gasteiger partial charge in [0.1, 0.15) is 4.88 Å². The highest BCUT2D eigenvalue weighted by Gasteiger charge is 2.26. The number of hydrogen-bond donors (Lipinski definition) is 1. The first-order valence-electron chi connectivity index (χ1n) is 11.2. The molecule has 1 saturated heterocycles. The van der Waals surface area contributed by atoms with Gasteiger partial charge in [0.25, 0.3) is 0 Å². The molecule has 1 aromatic heterocycles. The quantitative estimate of drug-likeness (QED) is 0.414. The monoisotopic (exact) mass is 493 g/mol. The van der Waals surface area contributed by atoms with Crippen LogP contribution in [0.4, 0.5) is 5.13 Å². The number of Topliss-reactive ketones (excluding diaryl/α,β-unsaturated/α-hetero) is 1. The number of hydrogen-bond acceptors (Lipinski definition) is 8. The van der Waals surface area contributed by atoms with E-state index in [1.165, 1.54) is 16.4 Å². The van der Waals surface area contributed by atoms with E-state index in [-0.39, 0.29) is 23.1 Å². The van der Waals surface area contributed by atoms with Crippen LogP contribution < -0.4 is 5.32 Å². The summed E-state index contributed by atoms with van der Waals surface area (Å²) in [6.07, 6.45) is 3.76. The smallest absolute Gasteiger partial charge is 0.350 e. The summed E-state index contributed by atoms with van der Waals surface area (Å²) in [5.74, 6) is -0.458. The number of anilines is 1. The van der Waals surface area contributed by atoms with E-state index in [9.17, 15) is 18.0 Å². The van der Waals surface area contributed by atoms with Gasteiger partial charge in [-0.05, 0) is 37.8 Å². The number of ketones is 1. The normalized spacial score (nSPS) is 15.3. The predicted molar refractivity (Wildman–Crippen MR) is 128 cm³/mol. The molecule has 10 heteroatoms. The number of nitrogens with zero attached hydrogens (tertiary/aromatic N) is 2. The maximum Gasteiger partial charge on any atom is 0.350 e. The van der Waals surface area contributed by atoms with Crippen molar-refractivity contribution in [3.63, 3.8) is 0 Å². The van der Waals surface area contributed by atoms with Gasteiger partial charge < -0.3 is 10.1 Å². The van der Waals surface area contributed by atoms with Crippen LogP contribution >= 0.6 is 11.3 Å². The third-order valence-electron chi connectivity index (χ3n) is 5.29. The van der Waals surface area contributed by atoms with Gasteiger partial charge in [-0.25, -0.2) is 18.2 Å². The third kappa shape index (κ3) is 6.61. The highest BCUT2D eigenvalue weighted by Crippen LogP contribution is 2.24. The fraction of sp³-hybridized carbons (Fsp3) is 0.522. The lowest BCUT2D eigenvalue weighted by Gasteiger charge is -2.20. The summed E-state index contributed by atoms with van der Waals surface area (Å²) in [7, 11) is -3.63. The Morgan fingerprint density at radius 2 is 1.88 bits per heavy atom. The molecule has 1 aliphatic heterocycles. The number of thiazole rings is 1. The van der Waals surface area contributed by atoms with Gasteiger partial charge in [-0.15, -0.1) is 0 Å². The number of ether oxygens (including phenoxy) is 1. The Balaban J connectivity index is 1.66. The molecule has 180 valence electrons. The van der Waals surface area contributed by atoms with Gasteiger partial charge in [0.15, 0.2) is 10.9 Å². The number of carbonyl (C=O) groups is 2. The minimum absolute atomic E-state index is 0.0688. The van der Waals surface area contributed by atoms with Crippen molar-refractivity contribution in [1.29, 1.82) is 0 Å². The molecule has 33 heavy (non-hydrogen) atoms. The topological polar surface area (TPSA) is 106 Å². The van der Waals surface area contributed by atoms with Crippen LogP contribution in [-0.4, -0.2) is 55.7 Å². The van der Waals surface area contributed by atoms with Crippen LogP contribution in [0, 0.1) is 12.8 Å². The van der Waals surface area contributed by atoms with Crippen molar-refractivity contribution in [2.75, 3.05) is 31.6 Å². The molecule has 0 unspecified atom stereocenters. The summed E-state index contributed by atoms with van der Waals surface area (Å²) < 4.78 is 32.9. The van der Waals surface area contributed by atoms with E-state index in [0.717, 1.165) is 37.0 Å². The van der Waals surface area contributed by atoms with Gasteiger partial charge in [0.2, 0.25) is 10.0 Å². The first kappa shape index (κ1) is 25.3. The van der Waals surface area contributed by atoms with Crippen molar-refractivity contribution in [2.24, 2.45) is 5.92 Å². The van der Waals surface area contributed by atoms with Crippen LogP contribution in [0.5, 0.6) is 0 Å². The Kier molecular flexibility index (Phi) is 8.61. The average Bonchev–Trinajstić information content (AvgIpc) is 2.98. The van der Waals surface area contributed by atoms with Crippen LogP contribution in [0.1, 0.15) is 65.3 Å².